The van der Waals surface area contributed by atoms with E-state index in [9.17, 15) is 0 Å². The van der Waals surface area contributed by atoms with Gasteiger partial charge in [-0.05, 0) is 24.6 Å². The van der Waals surface area contributed by atoms with Crippen LogP contribution in [0, 0.1) is 0 Å². The van der Waals surface area contributed by atoms with Crippen molar-refractivity contribution in [1.82, 2.24) is 0 Å². The molecule has 5 heteroatoms. The minimum atomic E-state index is 0.367. The highest BCUT2D eigenvalue weighted by atomic mass is 17.2. The Bertz CT molecular complexity index is 344. The molecule has 0 aliphatic carbocycles. The first-order valence-corrected chi connectivity index (χ1v) is 6.02. The molecular formula is C13H21NO4. The molecular weight excluding hydrogens is 234 g/mol. The molecule has 0 atom stereocenters. The Labute approximate surface area is 108 Å². The zero-order chi connectivity index (χ0) is 13.2. The van der Waals surface area contributed by atoms with E-state index in [1.165, 1.54) is 7.11 Å². The van der Waals surface area contributed by atoms with Crippen LogP contribution >= 0.6 is 0 Å². The third-order valence-corrected chi connectivity index (χ3v) is 2.32. The monoisotopic (exact) mass is 255 g/mol. The van der Waals surface area contributed by atoms with E-state index < -0.39 is 0 Å². The molecule has 1 aromatic rings. The summed E-state index contributed by atoms with van der Waals surface area (Å²) in [7, 11) is 1.47. The molecule has 1 aromatic carbocycles. The fraction of sp³-hybridized carbons (Fsp3) is 0.538. The van der Waals surface area contributed by atoms with Crippen LogP contribution in [0.5, 0.6) is 5.75 Å². The van der Waals surface area contributed by atoms with Crippen molar-refractivity contribution in [2.24, 2.45) is 0 Å². The van der Waals surface area contributed by atoms with Crippen LogP contribution < -0.4 is 10.5 Å². The lowest BCUT2D eigenvalue weighted by Gasteiger charge is -2.10. The first kappa shape index (κ1) is 14.8. The maximum atomic E-state index is 5.83. The summed E-state index contributed by atoms with van der Waals surface area (Å²) in [5.41, 5.74) is 7.40. The third-order valence-electron chi connectivity index (χ3n) is 2.32. The van der Waals surface area contributed by atoms with E-state index in [1.807, 2.05) is 19.1 Å². The largest absolute Gasteiger partial charge is 0.491 e. The maximum absolute atomic E-state index is 5.83. The lowest BCUT2D eigenvalue weighted by Crippen LogP contribution is -2.05. The fourth-order valence-electron chi connectivity index (χ4n) is 1.41. The summed E-state index contributed by atoms with van der Waals surface area (Å²) >= 11 is 0. The number of ether oxygens (including phenoxy) is 2. The van der Waals surface area contributed by atoms with Crippen molar-refractivity contribution < 1.29 is 19.2 Å². The van der Waals surface area contributed by atoms with Crippen LogP contribution in [0.3, 0.4) is 0 Å². The molecule has 0 saturated carbocycles. The van der Waals surface area contributed by atoms with Crippen molar-refractivity contribution >= 4 is 5.69 Å². The van der Waals surface area contributed by atoms with Gasteiger partial charge in [0.05, 0.1) is 19.4 Å². The summed E-state index contributed by atoms with van der Waals surface area (Å²) in [6.07, 6.45) is 0.839. The second kappa shape index (κ2) is 8.74. The zero-order valence-corrected chi connectivity index (χ0v) is 11.0. The zero-order valence-electron chi connectivity index (χ0n) is 11.0. The molecule has 0 aliphatic heterocycles. The van der Waals surface area contributed by atoms with E-state index in [0.29, 0.717) is 31.3 Å². The van der Waals surface area contributed by atoms with Crippen molar-refractivity contribution in [2.75, 3.05) is 32.7 Å². The molecule has 5 nitrogen and oxygen atoms in total. The molecule has 18 heavy (non-hydrogen) atoms. The molecule has 0 heterocycles. The van der Waals surface area contributed by atoms with E-state index in [2.05, 4.69) is 4.89 Å². The minimum Gasteiger partial charge on any atom is -0.491 e. The van der Waals surface area contributed by atoms with Crippen LogP contribution in [-0.4, -0.2) is 26.9 Å². The Balaban J connectivity index is 2.42. The SMILES string of the molecule is CCOCCCOc1cc(COOC)ccc1N. The van der Waals surface area contributed by atoms with Crippen molar-refractivity contribution in [3.8, 4) is 5.75 Å². The summed E-state index contributed by atoms with van der Waals surface area (Å²) in [6.45, 7) is 4.35. The first-order valence-electron chi connectivity index (χ1n) is 6.02. The summed E-state index contributed by atoms with van der Waals surface area (Å²) in [5, 5.41) is 0. The molecule has 1 rings (SSSR count). The first-order chi connectivity index (χ1) is 8.77. The summed E-state index contributed by atoms with van der Waals surface area (Å²) in [5.74, 6) is 0.670. The summed E-state index contributed by atoms with van der Waals surface area (Å²) in [4.78, 5) is 9.41. The Morgan fingerprint density at radius 3 is 2.78 bits per heavy atom. The van der Waals surface area contributed by atoms with Crippen LogP contribution in [0.4, 0.5) is 5.69 Å². The van der Waals surface area contributed by atoms with E-state index >= 15 is 0 Å². The topological polar surface area (TPSA) is 62.9 Å². The van der Waals surface area contributed by atoms with Gasteiger partial charge in [-0.25, -0.2) is 9.78 Å². The van der Waals surface area contributed by atoms with Gasteiger partial charge in [0.1, 0.15) is 12.4 Å². The van der Waals surface area contributed by atoms with Gasteiger partial charge in [-0.2, -0.15) is 0 Å². The number of rotatable bonds is 9. The van der Waals surface area contributed by atoms with Crippen LogP contribution in [0.25, 0.3) is 0 Å². The quantitative estimate of drug-likeness (QED) is 0.317. The van der Waals surface area contributed by atoms with Crippen molar-refractivity contribution in [2.45, 2.75) is 20.0 Å². The Kier molecular flexibility index (Phi) is 7.17. The van der Waals surface area contributed by atoms with Gasteiger partial charge < -0.3 is 15.2 Å². The van der Waals surface area contributed by atoms with Crippen molar-refractivity contribution in [3.05, 3.63) is 23.8 Å². The average molecular weight is 255 g/mol. The molecule has 0 spiro atoms. The smallest absolute Gasteiger partial charge is 0.142 e. The molecule has 0 amide bonds. The molecule has 0 unspecified atom stereocenters. The van der Waals surface area contributed by atoms with Gasteiger partial charge in [-0.3, -0.25) is 0 Å². The number of nitrogens with two attached hydrogens (primary N) is 1. The van der Waals surface area contributed by atoms with Gasteiger partial charge in [0, 0.05) is 19.6 Å². The lowest BCUT2D eigenvalue weighted by atomic mass is 10.2. The van der Waals surface area contributed by atoms with E-state index in [-0.39, 0.29) is 0 Å². The Hall–Kier alpha value is -1.30. The van der Waals surface area contributed by atoms with Crippen molar-refractivity contribution in [3.63, 3.8) is 0 Å². The van der Waals surface area contributed by atoms with Crippen LogP contribution in [-0.2, 0) is 21.1 Å². The van der Waals surface area contributed by atoms with Crippen molar-refractivity contribution in [1.29, 1.82) is 0 Å². The molecule has 0 radical (unpaired) electrons. The Morgan fingerprint density at radius 2 is 2.06 bits per heavy atom. The maximum Gasteiger partial charge on any atom is 0.142 e. The van der Waals surface area contributed by atoms with E-state index in [0.717, 1.165) is 18.6 Å². The number of benzene rings is 1. The summed E-state index contributed by atoms with van der Waals surface area (Å²) < 4.78 is 10.8. The van der Waals surface area contributed by atoms with Gasteiger partial charge in [-0.1, -0.05) is 6.07 Å². The highest BCUT2D eigenvalue weighted by Crippen LogP contribution is 2.23. The number of hydrogen-bond acceptors (Lipinski definition) is 5. The average Bonchev–Trinajstić information content (AvgIpc) is 2.39. The molecule has 0 aromatic heterocycles. The molecule has 0 aliphatic rings. The number of hydrogen-bond donors (Lipinski definition) is 1. The minimum absolute atomic E-state index is 0.367. The normalized spacial score (nSPS) is 10.6. The van der Waals surface area contributed by atoms with Gasteiger partial charge >= 0.3 is 0 Å². The molecule has 2 N–H and O–H groups in total. The van der Waals surface area contributed by atoms with Gasteiger partial charge in [0.15, 0.2) is 0 Å². The van der Waals surface area contributed by atoms with Gasteiger partial charge in [0.2, 0.25) is 0 Å². The second-order valence-electron chi connectivity index (χ2n) is 3.70. The number of nitrogen functional groups attached to an aromatic ring is 1. The van der Waals surface area contributed by atoms with Gasteiger partial charge in [-0.15, -0.1) is 0 Å². The van der Waals surface area contributed by atoms with Crippen LogP contribution in [0.15, 0.2) is 18.2 Å². The number of anilines is 1. The van der Waals surface area contributed by atoms with E-state index in [1.54, 1.807) is 6.07 Å². The predicted octanol–water partition coefficient (Wildman–Crippen LogP) is 2.15. The van der Waals surface area contributed by atoms with Crippen LogP contribution in [0.2, 0.25) is 0 Å². The fourth-order valence-corrected chi connectivity index (χ4v) is 1.41. The molecule has 0 bridgehead atoms. The molecule has 102 valence electrons. The highest BCUT2D eigenvalue weighted by molar-refractivity contribution is 5.53. The molecule has 0 fully saturated rings. The van der Waals surface area contributed by atoms with Gasteiger partial charge in [0.25, 0.3) is 0 Å². The van der Waals surface area contributed by atoms with Crippen LogP contribution in [0.1, 0.15) is 18.9 Å². The highest BCUT2D eigenvalue weighted by Gasteiger charge is 2.03. The Morgan fingerprint density at radius 1 is 1.22 bits per heavy atom. The second-order valence-corrected chi connectivity index (χ2v) is 3.70. The van der Waals surface area contributed by atoms with E-state index in [4.69, 9.17) is 20.1 Å². The molecule has 0 saturated heterocycles. The third kappa shape index (κ3) is 5.35. The predicted molar refractivity (Wildman–Crippen MR) is 69.3 cm³/mol. The lowest BCUT2D eigenvalue weighted by molar-refractivity contribution is -0.282. The summed E-state index contributed by atoms with van der Waals surface area (Å²) in [6, 6.07) is 5.53. The standard InChI is InChI=1S/C13H21NO4/c1-3-16-7-4-8-17-13-9-11(10-18-15-2)5-6-12(13)14/h5-6,9H,3-4,7-8,10,14H2,1-2H3.